The van der Waals surface area contributed by atoms with Gasteiger partial charge >= 0.3 is 6.09 Å². The lowest BCUT2D eigenvalue weighted by Crippen LogP contribution is -2.51. The molecule has 2 atom stereocenters. The van der Waals surface area contributed by atoms with E-state index in [4.69, 9.17) is 11.2 Å². The number of ether oxygens (including phenoxy) is 1. The number of carbonyl (C=O) groups is 3. The maximum atomic E-state index is 13.2. The maximum Gasteiger partial charge on any atom is 0.408 e. The highest BCUT2D eigenvalue weighted by Gasteiger charge is 2.35. The first-order valence-electron chi connectivity index (χ1n) is 10.8. The number of nitrogens with one attached hydrogen (secondary N) is 2. The van der Waals surface area contributed by atoms with Crippen LogP contribution in [0, 0.1) is 12.5 Å². The van der Waals surface area contributed by atoms with Gasteiger partial charge in [-0.15, -0.1) is 0 Å². The third-order valence-electron chi connectivity index (χ3n) is 5.05. The van der Waals surface area contributed by atoms with Gasteiger partial charge in [0.2, 0.25) is 5.91 Å². The van der Waals surface area contributed by atoms with Crippen LogP contribution < -0.4 is 10.6 Å². The Balaban J connectivity index is 2.21. The molecule has 2 rings (SSSR count). The Morgan fingerprint density at radius 3 is 2.29 bits per heavy atom. The SMILES string of the molecule is C#CN(C(=O)C(C)NC(=O)OC(C)(C)C)C(C(=O)NC1CCCCC1)c1ccccc1. The molecule has 1 aromatic carbocycles. The van der Waals surface area contributed by atoms with Gasteiger partial charge in [-0.1, -0.05) is 56.0 Å². The first kappa shape index (κ1) is 24.3. The van der Waals surface area contributed by atoms with E-state index in [2.05, 4.69) is 16.7 Å². The molecule has 7 nitrogen and oxygen atoms in total. The minimum Gasteiger partial charge on any atom is -0.444 e. The summed E-state index contributed by atoms with van der Waals surface area (Å²) >= 11 is 0. The third kappa shape index (κ3) is 7.32. The molecule has 0 aromatic heterocycles. The average molecular weight is 428 g/mol. The predicted molar refractivity (Wildman–Crippen MR) is 119 cm³/mol. The highest BCUT2D eigenvalue weighted by molar-refractivity contribution is 5.93. The molecule has 1 aliphatic carbocycles. The average Bonchev–Trinajstić information content (AvgIpc) is 2.71. The Labute approximate surface area is 184 Å². The first-order chi connectivity index (χ1) is 14.6. The maximum absolute atomic E-state index is 13.2. The second kappa shape index (κ2) is 10.9. The van der Waals surface area contributed by atoms with Crippen molar-refractivity contribution in [2.75, 3.05) is 0 Å². The van der Waals surface area contributed by atoms with E-state index >= 15 is 0 Å². The van der Waals surface area contributed by atoms with E-state index in [0.29, 0.717) is 5.56 Å². The second-order valence-corrected chi connectivity index (χ2v) is 8.86. The first-order valence-corrected chi connectivity index (χ1v) is 10.8. The number of hydrogen-bond acceptors (Lipinski definition) is 4. The third-order valence-corrected chi connectivity index (χ3v) is 5.05. The van der Waals surface area contributed by atoms with Gasteiger partial charge in [0.25, 0.3) is 5.91 Å². The van der Waals surface area contributed by atoms with E-state index in [1.54, 1.807) is 45.0 Å². The number of hydrogen-bond donors (Lipinski definition) is 2. The summed E-state index contributed by atoms with van der Waals surface area (Å²) in [5.41, 5.74) is -0.0999. The molecule has 2 unspecified atom stereocenters. The number of alkyl carbamates (subject to hydrolysis) is 1. The Kier molecular flexibility index (Phi) is 8.49. The van der Waals surface area contributed by atoms with Crippen LogP contribution in [-0.4, -0.2) is 40.5 Å². The van der Waals surface area contributed by atoms with Gasteiger partial charge in [-0.2, -0.15) is 0 Å². The minimum absolute atomic E-state index is 0.0690. The van der Waals surface area contributed by atoms with E-state index in [0.717, 1.165) is 37.0 Å². The molecular formula is C24H33N3O4. The fraction of sp³-hybridized carbons (Fsp3) is 0.542. The fourth-order valence-corrected chi connectivity index (χ4v) is 3.60. The normalized spacial score (nSPS) is 16.4. The molecule has 1 aromatic rings. The van der Waals surface area contributed by atoms with E-state index in [1.165, 1.54) is 6.92 Å². The zero-order chi connectivity index (χ0) is 23.0. The van der Waals surface area contributed by atoms with Gasteiger partial charge in [0.1, 0.15) is 17.7 Å². The van der Waals surface area contributed by atoms with E-state index in [9.17, 15) is 14.4 Å². The molecule has 7 heteroatoms. The van der Waals surface area contributed by atoms with Gasteiger partial charge in [-0.25, -0.2) is 4.79 Å². The molecule has 0 saturated heterocycles. The number of terminal acetylenes is 1. The molecule has 1 saturated carbocycles. The van der Waals surface area contributed by atoms with Gasteiger partial charge in [-0.05, 0) is 46.1 Å². The summed E-state index contributed by atoms with van der Waals surface area (Å²) in [6.07, 6.45) is 10.1. The predicted octanol–water partition coefficient (Wildman–Crippen LogP) is 3.51. The molecule has 0 spiro atoms. The molecule has 0 heterocycles. The van der Waals surface area contributed by atoms with Crippen LogP contribution in [0.15, 0.2) is 30.3 Å². The fourth-order valence-electron chi connectivity index (χ4n) is 3.60. The Morgan fingerprint density at radius 2 is 1.74 bits per heavy atom. The molecule has 1 fully saturated rings. The van der Waals surface area contributed by atoms with Crippen molar-refractivity contribution in [3.8, 4) is 12.5 Å². The quantitative estimate of drug-likeness (QED) is 0.537. The summed E-state index contributed by atoms with van der Waals surface area (Å²) in [4.78, 5) is 39.5. The van der Waals surface area contributed by atoms with Gasteiger partial charge in [0, 0.05) is 12.1 Å². The number of nitrogens with zero attached hydrogens (tertiary/aromatic N) is 1. The number of amides is 3. The van der Waals surface area contributed by atoms with Gasteiger partial charge in [0.05, 0.1) is 0 Å². The van der Waals surface area contributed by atoms with E-state index in [-0.39, 0.29) is 11.9 Å². The smallest absolute Gasteiger partial charge is 0.408 e. The Morgan fingerprint density at radius 1 is 1.13 bits per heavy atom. The van der Waals surface area contributed by atoms with Crippen LogP contribution in [0.3, 0.4) is 0 Å². The zero-order valence-electron chi connectivity index (χ0n) is 18.8. The highest BCUT2D eigenvalue weighted by Crippen LogP contribution is 2.24. The van der Waals surface area contributed by atoms with Crippen molar-refractivity contribution in [2.45, 2.75) is 83.5 Å². The monoisotopic (exact) mass is 427 g/mol. The lowest BCUT2D eigenvalue weighted by molar-refractivity contribution is -0.138. The molecule has 0 bridgehead atoms. The van der Waals surface area contributed by atoms with Crippen LogP contribution in [0.5, 0.6) is 0 Å². The zero-order valence-corrected chi connectivity index (χ0v) is 18.8. The summed E-state index contributed by atoms with van der Waals surface area (Å²) in [5, 5.41) is 5.56. The van der Waals surface area contributed by atoms with Crippen molar-refractivity contribution < 1.29 is 19.1 Å². The van der Waals surface area contributed by atoms with Crippen LogP contribution in [-0.2, 0) is 14.3 Å². The standard InChI is InChI=1S/C24H33N3O4/c1-6-27(22(29)17(2)25-23(30)31-24(3,4)5)20(18-13-9-7-10-14-18)21(28)26-19-15-11-8-12-16-19/h1,7,9-10,13-14,17,19-20H,8,11-12,15-16H2,2-5H3,(H,25,30)(H,26,28). The van der Waals surface area contributed by atoms with Gasteiger partial charge in [0.15, 0.2) is 0 Å². The van der Waals surface area contributed by atoms with Crippen molar-refractivity contribution in [2.24, 2.45) is 0 Å². The molecule has 2 N–H and O–H groups in total. The number of carbonyl (C=O) groups excluding carboxylic acids is 3. The topological polar surface area (TPSA) is 87.7 Å². The molecule has 0 radical (unpaired) electrons. The lowest BCUT2D eigenvalue weighted by atomic mass is 9.94. The number of rotatable bonds is 6. The Hall–Kier alpha value is -3.01. The minimum atomic E-state index is -0.997. The number of benzene rings is 1. The Bertz CT molecular complexity index is 804. The molecule has 168 valence electrons. The lowest BCUT2D eigenvalue weighted by Gasteiger charge is -2.31. The van der Waals surface area contributed by atoms with Crippen LogP contribution in [0.2, 0.25) is 0 Å². The molecule has 3 amide bonds. The molecular weight excluding hydrogens is 394 g/mol. The summed E-state index contributed by atoms with van der Waals surface area (Å²) in [5.74, 6) is -0.894. The molecule has 1 aliphatic rings. The second-order valence-electron chi connectivity index (χ2n) is 8.86. The van der Waals surface area contributed by atoms with Crippen LogP contribution in [0.25, 0.3) is 0 Å². The largest absolute Gasteiger partial charge is 0.444 e. The van der Waals surface area contributed by atoms with Crippen molar-refractivity contribution >= 4 is 17.9 Å². The summed E-state index contributed by atoms with van der Waals surface area (Å²) in [6.45, 7) is 6.70. The van der Waals surface area contributed by atoms with Crippen LogP contribution >= 0.6 is 0 Å². The van der Waals surface area contributed by atoms with Gasteiger partial charge in [-0.3, -0.25) is 14.5 Å². The summed E-state index contributed by atoms with van der Waals surface area (Å²) in [6, 6.07) is 9.38. The van der Waals surface area contributed by atoms with E-state index < -0.39 is 29.7 Å². The van der Waals surface area contributed by atoms with Crippen molar-refractivity contribution in [1.82, 2.24) is 15.5 Å². The molecule has 0 aliphatic heterocycles. The van der Waals surface area contributed by atoms with Crippen molar-refractivity contribution in [3.05, 3.63) is 35.9 Å². The van der Waals surface area contributed by atoms with Gasteiger partial charge < -0.3 is 15.4 Å². The van der Waals surface area contributed by atoms with Crippen molar-refractivity contribution in [1.29, 1.82) is 0 Å². The van der Waals surface area contributed by atoms with Crippen molar-refractivity contribution in [3.63, 3.8) is 0 Å². The van der Waals surface area contributed by atoms with Crippen LogP contribution in [0.4, 0.5) is 4.79 Å². The highest BCUT2D eigenvalue weighted by atomic mass is 16.6. The summed E-state index contributed by atoms with van der Waals surface area (Å²) < 4.78 is 5.21. The molecule has 31 heavy (non-hydrogen) atoms. The van der Waals surface area contributed by atoms with E-state index in [1.807, 2.05) is 6.07 Å². The van der Waals surface area contributed by atoms with Crippen LogP contribution in [0.1, 0.15) is 71.4 Å². The summed E-state index contributed by atoms with van der Waals surface area (Å²) in [7, 11) is 0.